The minimum atomic E-state index is -3.63. The van der Waals surface area contributed by atoms with E-state index >= 15 is 0 Å². The van der Waals surface area contributed by atoms with Gasteiger partial charge in [0.1, 0.15) is 11.6 Å². The molecule has 5 rings (SSSR count). The Bertz CT molecular complexity index is 1490. The molecule has 0 bridgehead atoms. The first-order valence-corrected chi connectivity index (χ1v) is 15.9. The van der Waals surface area contributed by atoms with Crippen molar-refractivity contribution in [1.82, 2.24) is 20.0 Å². The van der Waals surface area contributed by atoms with Crippen molar-refractivity contribution >= 4 is 44.9 Å². The Kier molecular flexibility index (Phi) is 8.24. The fourth-order valence-electron chi connectivity index (χ4n) is 5.11. The van der Waals surface area contributed by atoms with Gasteiger partial charge in [-0.05, 0) is 75.6 Å². The Morgan fingerprint density at radius 3 is 2.51 bits per heavy atom. The van der Waals surface area contributed by atoms with Gasteiger partial charge >= 0.3 is 0 Å². The van der Waals surface area contributed by atoms with Crippen LogP contribution in [0.15, 0.2) is 39.2 Å². The number of amides is 1. The number of halogens is 1. The third-order valence-electron chi connectivity index (χ3n) is 7.66. The summed E-state index contributed by atoms with van der Waals surface area (Å²) in [5, 5.41) is 13.6. The van der Waals surface area contributed by atoms with Crippen molar-refractivity contribution < 1.29 is 17.9 Å². The van der Waals surface area contributed by atoms with Crippen LogP contribution in [-0.4, -0.2) is 66.0 Å². The van der Waals surface area contributed by atoms with Gasteiger partial charge in [-0.25, -0.2) is 13.4 Å². The van der Waals surface area contributed by atoms with E-state index in [0.717, 1.165) is 55.8 Å². The SMILES string of the molecule is CC(=O)N1CCC(c2cc(OC3CC3)c(NC3N=CC(Cl)=C(Nc4cn(C)nc4S(=O)(=O)C(C)C)N3)cc2C)CC1. The van der Waals surface area contributed by atoms with E-state index in [1.165, 1.54) is 16.5 Å². The number of aryl methyl sites for hydroxylation is 2. The molecule has 2 aliphatic heterocycles. The number of hydrogen-bond acceptors (Lipinski definition) is 9. The largest absolute Gasteiger partial charge is 0.488 e. The van der Waals surface area contributed by atoms with Gasteiger partial charge in [0, 0.05) is 39.5 Å². The van der Waals surface area contributed by atoms with Gasteiger partial charge < -0.3 is 25.6 Å². The maximum Gasteiger partial charge on any atom is 0.219 e. The van der Waals surface area contributed by atoms with Crippen LogP contribution in [0.3, 0.4) is 0 Å². The van der Waals surface area contributed by atoms with Gasteiger partial charge in [0.05, 0.1) is 27.8 Å². The van der Waals surface area contributed by atoms with Gasteiger partial charge in [-0.2, -0.15) is 5.10 Å². The van der Waals surface area contributed by atoms with E-state index < -0.39 is 21.4 Å². The number of piperidine rings is 1. The number of aromatic nitrogens is 2. The smallest absolute Gasteiger partial charge is 0.219 e. The molecule has 1 aromatic carbocycles. The molecule has 1 saturated carbocycles. The highest BCUT2D eigenvalue weighted by atomic mass is 35.5. The molecule has 1 atom stereocenters. The number of ether oxygens (including phenoxy) is 1. The van der Waals surface area contributed by atoms with Crippen LogP contribution < -0.4 is 20.7 Å². The molecule has 1 saturated heterocycles. The summed E-state index contributed by atoms with van der Waals surface area (Å²) in [4.78, 5) is 18.2. The van der Waals surface area contributed by atoms with Gasteiger partial charge in [-0.1, -0.05) is 11.6 Å². The first kappa shape index (κ1) is 29.2. The predicted molar refractivity (Wildman–Crippen MR) is 160 cm³/mol. The molecule has 11 nitrogen and oxygen atoms in total. The molecule has 0 radical (unpaired) electrons. The monoisotopic (exact) mass is 603 g/mol. The van der Waals surface area contributed by atoms with E-state index in [9.17, 15) is 13.2 Å². The Morgan fingerprint density at radius 1 is 1.17 bits per heavy atom. The van der Waals surface area contributed by atoms with Crippen LogP contribution in [-0.2, 0) is 21.7 Å². The summed E-state index contributed by atoms with van der Waals surface area (Å²) in [5.74, 6) is 1.66. The second kappa shape index (κ2) is 11.6. The van der Waals surface area contributed by atoms with Crippen molar-refractivity contribution in [3.05, 3.63) is 40.3 Å². The summed E-state index contributed by atoms with van der Waals surface area (Å²) in [6, 6.07) is 4.22. The Labute approximate surface area is 246 Å². The summed E-state index contributed by atoms with van der Waals surface area (Å²) >= 11 is 6.46. The number of aliphatic imine (C=N–C) groups is 1. The number of allylic oxidation sites excluding steroid dienone is 1. The van der Waals surface area contributed by atoms with Gasteiger partial charge in [0.25, 0.3) is 0 Å². The number of carbonyl (C=O) groups is 1. The summed E-state index contributed by atoms with van der Waals surface area (Å²) in [7, 11) is -1.96. The number of hydrogen-bond donors (Lipinski definition) is 3. The molecule has 1 amide bonds. The Hall–Kier alpha value is -3.25. The van der Waals surface area contributed by atoms with Crippen LogP contribution in [0.2, 0.25) is 0 Å². The summed E-state index contributed by atoms with van der Waals surface area (Å²) in [6.45, 7) is 8.49. The second-order valence-electron chi connectivity index (χ2n) is 11.2. The summed E-state index contributed by atoms with van der Waals surface area (Å²) in [5.41, 5.74) is 3.51. The van der Waals surface area contributed by atoms with Crippen LogP contribution in [0.25, 0.3) is 0 Å². The first-order valence-electron chi connectivity index (χ1n) is 14.0. The second-order valence-corrected chi connectivity index (χ2v) is 14.1. The zero-order valence-electron chi connectivity index (χ0n) is 24.1. The first-order chi connectivity index (χ1) is 19.4. The average molecular weight is 604 g/mol. The molecule has 0 spiro atoms. The zero-order chi connectivity index (χ0) is 29.5. The van der Waals surface area contributed by atoms with Crippen molar-refractivity contribution in [2.45, 2.75) is 82.0 Å². The van der Waals surface area contributed by atoms with E-state index in [2.05, 4.69) is 45.1 Å². The number of sulfone groups is 1. The summed E-state index contributed by atoms with van der Waals surface area (Å²) in [6.07, 6.45) is 6.64. The van der Waals surface area contributed by atoms with E-state index in [1.54, 1.807) is 34.0 Å². The number of carbonyl (C=O) groups excluding carboxylic acids is 1. The number of benzene rings is 1. The van der Waals surface area contributed by atoms with Crippen molar-refractivity contribution in [2.75, 3.05) is 23.7 Å². The molecule has 3 N–H and O–H groups in total. The van der Waals surface area contributed by atoms with Gasteiger partial charge in [-0.3, -0.25) is 9.48 Å². The maximum absolute atomic E-state index is 12.9. The van der Waals surface area contributed by atoms with Crippen molar-refractivity contribution in [3.63, 3.8) is 0 Å². The molecule has 2 aromatic rings. The molecular formula is C28H38ClN7O4S. The maximum atomic E-state index is 12.9. The zero-order valence-corrected chi connectivity index (χ0v) is 25.6. The minimum Gasteiger partial charge on any atom is -0.488 e. The fraction of sp³-hybridized carbons (Fsp3) is 0.536. The van der Waals surface area contributed by atoms with Crippen molar-refractivity contribution in [2.24, 2.45) is 12.0 Å². The summed E-state index contributed by atoms with van der Waals surface area (Å²) < 4.78 is 33.6. The number of anilines is 2. The number of nitrogens with one attached hydrogen (secondary N) is 3. The average Bonchev–Trinajstić information content (AvgIpc) is 3.66. The number of likely N-dealkylation sites (tertiary alicyclic amines) is 1. The number of nitrogens with zero attached hydrogens (tertiary/aromatic N) is 4. The molecule has 41 heavy (non-hydrogen) atoms. The third kappa shape index (κ3) is 6.48. The highest BCUT2D eigenvalue weighted by Gasteiger charge is 2.30. The van der Waals surface area contributed by atoms with Crippen LogP contribution in [0.4, 0.5) is 11.4 Å². The minimum absolute atomic E-state index is 0.0405. The molecular weight excluding hydrogens is 566 g/mol. The van der Waals surface area contributed by atoms with E-state index in [1.807, 2.05) is 4.90 Å². The lowest BCUT2D eigenvalue weighted by Gasteiger charge is -2.33. The normalized spacial score (nSPS) is 19.9. The Balaban J connectivity index is 1.34. The third-order valence-corrected chi connectivity index (χ3v) is 10.0. The topological polar surface area (TPSA) is 130 Å². The van der Waals surface area contributed by atoms with Gasteiger partial charge in [0.15, 0.2) is 6.29 Å². The van der Waals surface area contributed by atoms with E-state index in [0.29, 0.717) is 22.5 Å². The molecule has 3 aliphatic rings. The van der Waals surface area contributed by atoms with Gasteiger partial charge in [0.2, 0.25) is 20.8 Å². The van der Waals surface area contributed by atoms with Crippen LogP contribution in [0, 0.1) is 6.92 Å². The lowest BCUT2D eigenvalue weighted by atomic mass is 9.86. The van der Waals surface area contributed by atoms with Crippen LogP contribution >= 0.6 is 11.6 Å². The predicted octanol–water partition coefficient (Wildman–Crippen LogP) is 4.07. The molecule has 1 aliphatic carbocycles. The van der Waals surface area contributed by atoms with Crippen LogP contribution in [0.1, 0.15) is 63.5 Å². The van der Waals surface area contributed by atoms with E-state index in [-0.39, 0.29) is 17.0 Å². The number of rotatable bonds is 9. The highest BCUT2D eigenvalue weighted by molar-refractivity contribution is 7.92. The lowest BCUT2D eigenvalue weighted by molar-refractivity contribution is -0.129. The fourth-order valence-corrected chi connectivity index (χ4v) is 6.37. The van der Waals surface area contributed by atoms with Crippen molar-refractivity contribution in [1.29, 1.82) is 0 Å². The van der Waals surface area contributed by atoms with Crippen molar-refractivity contribution in [3.8, 4) is 5.75 Å². The molecule has 1 unspecified atom stereocenters. The highest BCUT2D eigenvalue weighted by Crippen LogP contribution is 2.39. The molecule has 13 heteroatoms. The molecule has 222 valence electrons. The van der Waals surface area contributed by atoms with Crippen LogP contribution in [0.5, 0.6) is 5.75 Å². The molecule has 1 aromatic heterocycles. The Morgan fingerprint density at radius 2 is 1.88 bits per heavy atom. The van der Waals surface area contributed by atoms with Gasteiger partial charge in [-0.15, -0.1) is 0 Å². The quantitative estimate of drug-likeness (QED) is 0.391. The standard InChI is InChI=1S/C28H38ClN7O4S/c1-16(2)41(38,39)27-24(15-35(5)34-27)31-26-22(29)14-30-28(33-26)32-23-12-17(3)21(13-25(23)40-20-6-7-20)19-8-10-36(11-9-19)18(4)37/h12-16,19-20,28,31-33H,6-11H2,1-5H3. The van der Waals surface area contributed by atoms with E-state index in [4.69, 9.17) is 16.3 Å². The lowest BCUT2D eigenvalue weighted by Crippen LogP contribution is -2.39. The molecule has 3 heterocycles. The molecule has 2 fully saturated rings.